The summed E-state index contributed by atoms with van der Waals surface area (Å²) in [5, 5.41) is 3.80. The minimum atomic E-state index is 0.798. The first-order chi connectivity index (χ1) is 8.70. The molecule has 1 N–H and O–H groups in total. The van der Waals surface area contributed by atoms with Crippen molar-refractivity contribution in [3.63, 3.8) is 0 Å². The van der Waals surface area contributed by atoms with Crippen molar-refractivity contribution in [1.82, 2.24) is 10.2 Å². The maximum atomic E-state index is 3.80. The molecule has 0 amide bonds. The summed E-state index contributed by atoms with van der Waals surface area (Å²) in [7, 11) is 0. The molecule has 1 heterocycles. The molecule has 4 unspecified atom stereocenters. The minimum absolute atomic E-state index is 0.798. The molecule has 0 spiro atoms. The second kappa shape index (κ2) is 6.91. The van der Waals surface area contributed by atoms with Crippen LogP contribution in [0.4, 0.5) is 0 Å². The highest BCUT2D eigenvalue weighted by molar-refractivity contribution is 4.85. The van der Waals surface area contributed by atoms with Crippen LogP contribution in [-0.2, 0) is 0 Å². The molecule has 106 valence electrons. The van der Waals surface area contributed by atoms with Gasteiger partial charge in [-0.2, -0.15) is 0 Å². The number of hydrogen-bond acceptors (Lipinski definition) is 2. The van der Waals surface area contributed by atoms with Gasteiger partial charge in [0.15, 0.2) is 0 Å². The maximum Gasteiger partial charge on any atom is 0.0113 e. The van der Waals surface area contributed by atoms with E-state index >= 15 is 0 Å². The van der Waals surface area contributed by atoms with E-state index in [0.717, 1.165) is 24.0 Å². The van der Waals surface area contributed by atoms with Gasteiger partial charge in [0, 0.05) is 31.2 Å². The third-order valence-corrected chi connectivity index (χ3v) is 5.16. The second-order valence-electron chi connectivity index (χ2n) is 6.65. The molecule has 2 nitrogen and oxygen atoms in total. The Morgan fingerprint density at radius 1 is 1.11 bits per heavy atom. The Bertz CT molecular complexity index is 241. The van der Waals surface area contributed by atoms with Crippen molar-refractivity contribution < 1.29 is 0 Å². The van der Waals surface area contributed by atoms with Gasteiger partial charge in [0.25, 0.3) is 0 Å². The lowest BCUT2D eigenvalue weighted by Crippen LogP contribution is -2.42. The third-order valence-electron chi connectivity index (χ3n) is 5.16. The highest BCUT2D eigenvalue weighted by atomic mass is 15.2. The first-order valence-corrected chi connectivity index (χ1v) is 8.19. The first-order valence-electron chi connectivity index (χ1n) is 8.19. The standard InChI is InChI=1S/C16H32N2/c1-4-16-9-8-14(3)18(16)11-10-17-15-7-5-6-13(2)12-15/h13-17H,4-12H2,1-3H3. The summed E-state index contributed by atoms with van der Waals surface area (Å²) in [6.45, 7) is 9.59. The fraction of sp³-hybridized carbons (Fsp3) is 1.00. The van der Waals surface area contributed by atoms with Crippen LogP contribution in [0.15, 0.2) is 0 Å². The van der Waals surface area contributed by atoms with Gasteiger partial charge in [0.1, 0.15) is 0 Å². The van der Waals surface area contributed by atoms with E-state index in [2.05, 4.69) is 31.0 Å². The lowest BCUT2D eigenvalue weighted by Gasteiger charge is -2.31. The Hall–Kier alpha value is -0.0800. The van der Waals surface area contributed by atoms with Crippen LogP contribution >= 0.6 is 0 Å². The molecule has 2 rings (SSSR count). The molecule has 0 aromatic heterocycles. The number of likely N-dealkylation sites (tertiary alicyclic amines) is 1. The van der Waals surface area contributed by atoms with Gasteiger partial charge in [-0.3, -0.25) is 4.90 Å². The summed E-state index contributed by atoms with van der Waals surface area (Å²) in [5.41, 5.74) is 0. The van der Waals surface area contributed by atoms with E-state index in [-0.39, 0.29) is 0 Å². The number of nitrogens with one attached hydrogen (secondary N) is 1. The Labute approximate surface area is 114 Å². The quantitative estimate of drug-likeness (QED) is 0.806. The van der Waals surface area contributed by atoms with Crippen LogP contribution in [0, 0.1) is 5.92 Å². The zero-order chi connectivity index (χ0) is 13.0. The van der Waals surface area contributed by atoms with Crippen molar-refractivity contribution in [2.24, 2.45) is 5.92 Å². The second-order valence-corrected chi connectivity index (χ2v) is 6.65. The molecule has 2 heteroatoms. The van der Waals surface area contributed by atoms with Crippen molar-refractivity contribution in [3.8, 4) is 0 Å². The zero-order valence-corrected chi connectivity index (χ0v) is 12.6. The molecule has 0 radical (unpaired) electrons. The molecule has 1 aliphatic heterocycles. The summed E-state index contributed by atoms with van der Waals surface area (Å²) in [4.78, 5) is 2.74. The van der Waals surface area contributed by atoms with Crippen LogP contribution in [0.1, 0.15) is 65.7 Å². The predicted molar refractivity (Wildman–Crippen MR) is 78.9 cm³/mol. The maximum absolute atomic E-state index is 3.80. The Morgan fingerprint density at radius 3 is 2.67 bits per heavy atom. The van der Waals surface area contributed by atoms with Gasteiger partial charge >= 0.3 is 0 Å². The summed E-state index contributed by atoms with van der Waals surface area (Å²) < 4.78 is 0. The lowest BCUT2D eigenvalue weighted by molar-refractivity contribution is 0.191. The molecule has 0 aromatic rings. The van der Waals surface area contributed by atoms with Gasteiger partial charge in [-0.1, -0.05) is 26.7 Å². The number of rotatable bonds is 5. The molecule has 2 fully saturated rings. The van der Waals surface area contributed by atoms with Gasteiger partial charge in [0.05, 0.1) is 0 Å². The first kappa shape index (κ1) is 14.3. The fourth-order valence-electron chi connectivity index (χ4n) is 3.98. The summed E-state index contributed by atoms with van der Waals surface area (Å²) >= 11 is 0. The molecule has 2 aliphatic rings. The van der Waals surface area contributed by atoms with E-state index in [9.17, 15) is 0 Å². The summed E-state index contributed by atoms with van der Waals surface area (Å²) in [6.07, 6.45) is 9.81. The van der Waals surface area contributed by atoms with Gasteiger partial charge in [-0.15, -0.1) is 0 Å². The third kappa shape index (κ3) is 3.71. The molecular formula is C16H32N2. The van der Waals surface area contributed by atoms with Crippen molar-refractivity contribution in [1.29, 1.82) is 0 Å². The van der Waals surface area contributed by atoms with Crippen LogP contribution in [0.2, 0.25) is 0 Å². The number of hydrogen-bond donors (Lipinski definition) is 1. The highest BCUT2D eigenvalue weighted by Gasteiger charge is 2.28. The zero-order valence-electron chi connectivity index (χ0n) is 12.6. The van der Waals surface area contributed by atoms with E-state index in [1.54, 1.807) is 0 Å². The van der Waals surface area contributed by atoms with Crippen LogP contribution < -0.4 is 5.32 Å². The van der Waals surface area contributed by atoms with Crippen LogP contribution in [0.25, 0.3) is 0 Å². The van der Waals surface area contributed by atoms with E-state index in [1.165, 1.54) is 58.0 Å². The van der Waals surface area contributed by atoms with Crippen LogP contribution in [-0.4, -0.2) is 36.1 Å². The monoisotopic (exact) mass is 252 g/mol. The molecule has 18 heavy (non-hydrogen) atoms. The van der Waals surface area contributed by atoms with Gasteiger partial charge in [-0.05, 0) is 44.9 Å². The predicted octanol–water partition coefficient (Wildman–Crippen LogP) is 3.42. The van der Waals surface area contributed by atoms with E-state index in [4.69, 9.17) is 0 Å². The van der Waals surface area contributed by atoms with Gasteiger partial charge in [0.2, 0.25) is 0 Å². The minimum Gasteiger partial charge on any atom is -0.313 e. The fourth-order valence-corrected chi connectivity index (χ4v) is 3.98. The van der Waals surface area contributed by atoms with Crippen molar-refractivity contribution in [3.05, 3.63) is 0 Å². The van der Waals surface area contributed by atoms with E-state index in [1.807, 2.05) is 0 Å². The lowest BCUT2D eigenvalue weighted by atomic mass is 9.87. The molecule has 4 atom stereocenters. The van der Waals surface area contributed by atoms with E-state index < -0.39 is 0 Å². The molecular weight excluding hydrogens is 220 g/mol. The van der Waals surface area contributed by atoms with Crippen molar-refractivity contribution in [2.45, 2.75) is 83.8 Å². The normalized spacial score (nSPS) is 38.2. The number of nitrogens with zero attached hydrogens (tertiary/aromatic N) is 1. The average molecular weight is 252 g/mol. The molecule has 1 saturated carbocycles. The van der Waals surface area contributed by atoms with Crippen molar-refractivity contribution in [2.75, 3.05) is 13.1 Å². The van der Waals surface area contributed by atoms with Gasteiger partial charge < -0.3 is 5.32 Å². The molecule has 0 aromatic carbocycles. The average Bonchev–Trinajstić information content (AvgIpc) is 2.71. The highest BCUT2D eigenvalue weighted by Crippen LogP contribution is 2.26. The largest absolute Gasteiger partial charge is 0.313 e. The van der Waals surface area contributed by atoms with E-state index in [0.29, 0.717) is 0 Å². The molecule has 0 bridgehead atoms. The smallest absolute Gasteiger partial charge is 0.0113 e. The van der Waals surface area contributed by atoms with Crippen LogP contribution in [0.3, 0.4) is 0 Å². The topological polar surface area (TPSA) is 15.3 Å². The molecule has 1 saturated heterocycles. The summed E-state index contributed by atoms with van der Waals surface area (Å²) in [6, 6.07) is 2.46. The van der Waals surface area contributed by atoms with Gasteiger partial charge in [-0.25, -0.2) is 0 Å². The SMILES string of the molecule is CCC1CCC(C)N1CCNC1CCCC(C)C1. The van der Waals surface area contributed by atoms with Crippen molar-refractivity contribution >= 4 is 0 Å². The Morgan fingerprint density at radius 2 is 1.94 bits per heavy atom. The Kier molecular flexibility index (Phi) is 5.50. The summed E-state index contributed by atoms with van der Waals surface area (Å²) in [5.74, 6) is 0.936. The molecule has 1 aliphatic carbocycles. The van der Waals surface area contributed by atoms with Crippen LogP contribution in [0.5, 0.6) is 0 Å². The Balaban J connectivity index is 1.68.